The first kappa shape index (κ1) is 32.3. The van der Waals surface area contributed by atoms with Crippen molar-refractivity contribution in [3.8, 4) is 0 Å². The van der Waals surface area contributed by atoms with Crippen LogP contribution in [0.25, 0.3) is 0 Å². The molecule has 0 spiro atoms. The van der Waals surface area contributed by atoms with Crippen LogP contribution in [0.15, 0.2) is 0 Å². The van der Waals surface area contributed by atoms with Crippen molar-refractivity contribution in [2.24, 2.45) is 0 Å². The highest BCUT2D eigenvalue weighted by Gasteiger charge is 2.39. The highest BCUT2D eigenvalue weighted by molar-refractivity contribution is 7.75. The molecule has 1 N–H and O–H groups in total. The predicted octanol–water partition coefficient (Wildman–Crippen LogP) is 8.87. The van der Waals surface area contributed by atoms with Crippen molar-refractivity contribution >= 4 is 24.8 Å². The summed E-state index contributed by atoms with van der Waals surface area (Å²) in [5, 5.41) is 3.02. The van der Waals surface area contributed by atoms with Gasteiger partial charge in [0.05, 0.1) is 0 Å². The third-order valence-corrected chi connectivity index (χ3v) is 7.09. The van der Waals surface area contributed by atoms with E-state index in [1.54, 1.807) is 0 Å². The third-order valence-electron chi connectivity index (χ3n) is 6.92. The molecule has 5 heteroatoms. The summed E-state index contributed by atoms with van der Waals surface area (Å²) in [4.78, 5) is 25.1. The average molecular weight is 486 g/mol. The van der Waals surface area contributed by atoms with Gasteiger partial charge in [0.25, 0.3) is 0 Å². The van der Waals surface area contributed by atoms with Crippen LogP contribution in [0, 0.1) is 0 Å². The Hall–Kier alpha value is -0.710. The van der Waals surface area contributed by atoms with Crippen LogP contribution < -0.4 is 5.32 Å². The van der Waals surface area contributed by atoms with Crippen molar-refractivity contribution in [2.75, 3.05) is 0 Å². The molecular weight excluding hydrogens is 430 g/mol. The van der Waals surface area contributed by atoms with Gasteiger partial charge in [0.2, 0.25) is 5.91 Å². The van der Waals surface area contributed by atoms with E-state index < -0.39 is 11.5 Å². The van der Waals surface area contributed by atoms with Crippen molar-refractivity contribution in [3.63, 3.8) is 0 Å². The second kappa shape index (κ2) is 23.1. The molecule has 0 aliphatic rings. The van der Waals surface area contributed by atoms with E-state index in [-0.39, 0.29) is 5.91 Å². The molecule has 0 saturated heterocycles. The van der Waals surface area contributed by atoms with Gasteiger partial charge in [-0.3, -0.25) is 4.79 Å². The number of hydrogen-bond acceptors (Lipinski definition) is 4. The third kappa shape index (κ3) is 17.4. The quantitative estimate of drug-likeness (QED) is 0.0815. The van der Waals surface area contributed by atoms with Gasteiger partial charge in [0, 0.05) is 19.3 Å². The lowest BCUT2D eigenvalue weighted by Gasteiger charge is -2.30. The monoisotopic (exact) mass is 485 g/mol. The van der Waals surface area contributed by atoms with E-state index in [1.165, 1.54) is 96.3 Å². The summed E-state index contributed by atoms with van der Waals surface area (Å²) in [6, 6.07) is 0. The van der Waals surface area contributed by atoms with E-state index in [2.05, 4.69) is 32.1 Å². The van der Waals surface area contributed by atoms with Gasteiger partial charge in [-0.05, 0) is 19.3 Å². The molecule has 33 heavy (non-hydrogen) atoms. The SMILES string of the molecule is CCCCCCCCCCCCCC(CC)(NC(=O)CCCCCCCCCC)C(=O)OS. The number of carbonyl (C=O) groups excluding carboxylic acids is 2. The topological polar surface area (TPSA) is 55.4 Å². The van der Waals surface area contributed by atoms with Gasteiger partial charge in [-0.1, -0.05) is 136 Å². The van der Waals surface area contributed by atoms with Crippen LogP contribution in [0.2, 0.25) is 0 Å². The Labute approximate surface area is 211 Å². The zero-order chi connectivity index (χ0) is 24.6. The molecule has 0 aromatic rings. The van der Waals surface area contributed by atoms with E-state index in [1.807, 2.05) is 6.92 Å². The molecule has 0 aliphatic heterocycles. The van der Waals surface area contributed by atoms with Gasteiger partial charge in [-0.15, -0.1) is 0 Å². The maximum Gasteiger partial charge on any atom is 0.343 e. The lowest BCUT2D eigenvalue weighted by molar-refractivity contribution is -0.144. The minimum absolute atomic E-state index is 0.0374. The Morgan fingerprint density at radius 2 is 1.03 bits per heavy atom. The maximum atomic E-state index is 12.6. The Bertz CT molecular complexity index is 472. The maximum absolute atomic E-state index is 12.6. The molecule has 0 saturated carbocycles. The number of hydrogen-bond donors (Lipinski definition) is 2. The van der Waals surface area contributed by atoms with Crippen LogP contribution in [-0.4, -0.2) is 17.4 Å². The molecule has 1 unspecified atom stereocenters. The van der Waals surface area contributed by atoms with Gasteiger partial charge >= 0.3 is 5.97 Å². The molecule has 0 heterocycles. The Balaban J connectivity index is 4.14. The molecule has 0 aromatic carbocycles. The van der Waals surface area contributed by atoms with Crippen molar-refractivity contribution < 1.29 is 13.8 Å². The lowest BCUT2D eigenvalue weighted by atomic mass is 9.88. The highest BCUT2D eigenvalue weighted by Crippen LogP contribution is 2.23. The minimum Gasteiger partial charge on any atom is -0.393 e. The van der Waals surface area contributed by atoms with Gasteiger partial charge < -0.3 is 9.50 Å². The molecule has 0 bridgehead atoms. The van der Waals surface area contributed by atoms with Gasteiger partial charge in [0.15, 0.2) is 0 Å². The zero-order valence-corrected chi connectivity index (χ0v) is 23.1. The molecule has 1 amide bonds. The van der Waals surface area contributed by atoms with Crippen molar-refractivity contribution in [3.05, 3.63) is 0 Å². The Morgan fingerprint density at radius 3 is 1.42 bits per heavy atom. The zero-order valence-electron chi connectivity index (χ0n) is 22.2. The Morgan fingerprint density at radius 1 is 0.636 bits per heavy atom. The minimum atomic E-state index is -0.932. The molecule has 4 nitrogen and oxygen atoms in total. The standard InChI is InChI=1S/C28H55NO3S/c1-4-7-9-11-13-15-16-17-19-21-23-25-28(6-3,27(31)32-33)29-26(30)24-22-20-18-14-12-10-8-5-2/h33H,4-25H2,1-3H3,(H,29,30). The molecule has 0 radical (unpaired) electrons. The number of amides is 1. The largest absolute Gasteiger partial charge is 0.393 e. The summed E-state index contributed by atoms with van der Waals surface area (Å²) in [5.74, 6) is -0.464. The van der Waals surface area contributed by atoms with Crippen LogP contribution in [0.1, 0.15) is 162 Å². The fourth-order valence-corrected chi connectivity index (χ4v) is 4.73. The van der Waals surface area contributed by atoms with Gasteiger partial charge in [-0.2, -0.15) is 0 Å². The first-order chi connectivity index (χ1) is 16.1. The summed E-state index contributed by atoms with van der Waals surface area (Å²) in [7, 11) is 0. The lowest BCUT2D eigenvalue weighted by Crippen LogP contribution is -2.54. The van der Waals surface area contributed by atoms with Crippen molar-refractivity contribution in [1.82, 2.24) is 5.32 Å². The number of thiol groups is 1. The number of unbranched alkanes of at least 4 members (excludes halogenated alkanes) is 17. The van der Waals surface area contributed by atoms with E-state index in [4.69, 9.17) is 4.18 Å². The van der Waals surface area contributed by atoms with Crippen molar-refractivity contribution in [1.29, 1.82) is 0 Å². The summed E-state index contributed by atoms with van der Waals surface area (Å²) in [6.07, 6.45) is 25.1. The van der Waals surface area contributed by atoms with Crippen LogP contribution in [0.3, 0.4) is 0 Å². The van der Waals surface area contributed by atoms with E-state index in [0.717, 1.165) is 25.7 Å². The predicted molar refractivity (Wildman–Crippen MR) is 145 cm³/mol. The summed E-state index contributed by atoms with van der Waals surface area (Å²) in [5.41, 5.74) is -0.932. The normalized spacial score (nSPS) is 13.0. The summed E-state index contributed by atoms with van der Waals surface area (Å²) >= 11 is 3.75. The molecule has 0 rings (SSSR count). The van der Waals surface area contributed by atoms with Gasteiger partial charge in [0.1, 0.15) is 5.54 Å². The first-order valence-electron chi connectivity index (χ1n) is 14.2. The van der Waals surface area contributed by atoms with Crippen LogP contribution in [0.4, 0.5) is 0 Å². The molecule has 0 aliphatic carbocycles. The molecule has 0 fully saturated rings. The number of rotatable bonds is 24. The molecular formula is C28H55NO3S. The fourth-order valence-electron chi connectivity index (χ4n) is 4.55. The molecule has 1 atom stereocenters. The van der Waals surface area contributed by atoms with Crippen LogP contribution in [0.5, 0.6) is 0 Å². The van der Waals surface area contributed by atoms with Crippen molar-refractivity contribution in [2.45, 2.75) is 168 Å². The highest BCUT2D eigenvalue weighted by atomic mass is 32.1. The van der Waals surface area contributed by atoms with Crippen LogP contribution >= 0.6 is 12.9 Å². The smallest absolute Gasteiger partial charge is 0.343 e. The van der Waals surface area contributed by atoms with Crippen LogP contribution in [-0.2, 0) is 13.8 Å². The first-order valence-corrected chi connectivity index (χ1v) is 14.6. The Kier molecular flexibility index (Phi) is 22.6. The van der Waals surface area contributed by atoms with E-state index in [0.29, 0.717) is 19.3 Å². The van der Waals surface area contributed by atoms with Gasteiger partial charge in [-0.25, -0.2) is 4.79 Å². The molecule has 0 aromatic heterocycles. The number of nitrogens with one attached hydrogen (secondary N) is 1. The molecule has 196 valence electrons. The second-order valence-electron chi connectivity index (χ2n) is 9.87. The van der Waals surface area contributed by atoms with E-state index >= 15 is 0 Å². The second-order valence-corrected chi connectivity index (χ2v) is 10.1. The average Bonchev–Trinajstić information content (AvgIpc) is 2.82. The fraction of sp³-hybridized carbons (Fsp3) is 0.929. The summed E-state index contributed by atoms with van der Waals surface area (Å²) < 4.78 is 4.79. The summed E-state index contributed by atoms with van der Waals surface area (Å²) in [6.45, 7) is 6.43. The number of carbonyl (C=O) groups is 2. The van der Waals surface area contributed by atoms with E-state index in [9.17, 15) is 9.59 Å².